The zero-order valence-corrected chi connectivity index (χ0v) is 9.27. The molecule has 2 heterocycles. The maximum atomic E-state index is 12.9. The second-order valence-electron chi connectivity index (χ2n) is 2.81. The van der Waals surface area contributed by atoms with E-state index in [9.17, 15) is 4.39 Å². The number of aliphatic imine (C=N–C) groups is 1. The first-order chi connectivity index (χ1) is 6.79. The highest BCUT2D eigenvalue weighted by atomic mass is 32.2. The van der Waals surface area contributed by atoms with Crippen LogP contribution in [0.4, 0.5) is 10.1 Å². The highest BCUT2D eigenvalue weighted by Crippen LogP contribution is 2.36. The van der Waals surface area contributed by atoms with Gasteiger partial charge in [0.2, 0.25) is 5.96 Å². The van der Waals surface area contributed by atoms with Crippen LogP contribution in [0.5, 0.6) is 0 Å². The molecule has 0 radical (unpaired) electrons. The number of hydrogen-bond donors (Lipinski definition) is 2. The molecule has 0 spiro atoms. The average Bonchev–Trinajstić information content (AvgIpc) is 2.54. The van der Waals surface area contributed by atoms with Crippen molar-refractivity contribution in [1.29, 1.82) is 0 Å². The minimum atomic E-state index is -0.173. The van der Waals surface area contributed by atoms with Gasteiger partial charge >= 0.3 is 0 Å². The van der Waals surface area contributed by atoms with Crippen molar-refractivity contribution < 1.29 is 4.39 Å². The molecule has 1 aliphatic rings. The predicted molar refractivity (Wildman–Crippen MR) is 59.5 cm³/mol. The Bertz CT molecular complexity index is 361. The Morgan fingerprint density at radius 1 is 1.57 bits per heavy atom. The van der Waals surface area contributed by atoms with E-state index in [4.69, 9.17) is 0 Å². The third kappa shape index (κ3) is 2.01. The third-order valence-corrected chi connectivity index (χ3v) is 3.57. The van der Waals surface area contributed by atoms with Crippen LogP contribution in [0.25, 0.3) is 0 Å². The highest BCUT2D eigenvalue weighted by Gasteiger charge is 2.16. The van der Waals surface area contributed by atoms with E-state index in [1.54, 1.807) is 0 Å². The second-order valence-corrected chi connectivity index (χ2v) is 4.89. The molecule has 3 nitrogen and oxygen atoms in total. The van der Waals surface area contributed by atoms with E-state index in [0.29, 0.717) is 5.96 Å². The first-order valence-electron chi connectivity index (χ1n) is 4.33. The van der Waals surface area contributed by atoms with Gasteiger partial charge in [-0.2, -0.15) is 4.39 Å². The van der Waals surface area contributed by atoms with Gasteiger partial charge in [0.1, 0.15) is 4.21 Å². The molecular formula is C8H10FN3S2. The highest BCUT2D eigenvalue weighted by molar-refractivity contribution is 8.00. The maximum Gasteiger partial charge on any atom is 0.206 e. The molecule has 0 amide bonds. The maximum absolute atomic E-state index is 12.9. The first-order valence-corrected chi connectivity index (χ1v) is 5.96. The summed E-state index contributed by atoms with van der Waals surface area (Å²) in [6.45, 7) is 2.84. The smallest absolute Gasteiger partial charge is 0.206 e. The zero-order valence-electron chi connectivity index (χ0n) is 7.63. The van der Waals surface area contributed by atoms with Crippen molar-refractivity contribution in [2.75, 3.05) is 11.9 Å². The lowest BCUT2D eigenvalue weighted by atomic mass is 10.5. The summed E-state index contributed by atoms with van der Waals surface area (Å²) in [4.78, 5) is 4.27. The normalized spacial score (nSPS) is 17.4. The second kappa shape index (κ2) is 4.18. The summed E-state index contributed by atoms with van der Waals surface area (Å²) in [5.74, 6) is 0.710. The van der Waals surface area contributed by atoms with E-state index in [2.05, 4.69) is 22.0 Å². The summed E-state index contributed by atoms with van der Waals surface area (Å²) in [6, 6.07) is 1.50. The van der Waals surface area contributed by atoms with Gasteiger partial charge in [0, 0.05) is 24.6 Å². The fraction of sp³-hybridized carbons (Fsp3) is 0.375. The van der Waals surface area contributed by atoms with Crippen molar-refractivity contribution in [3.63, 3.8) is 0 Å². The number of rotatable bonds is 2. The molecule has 76 valence electrons. The largest absolute Gasteiger partial charge is 0.324 e. The minimum absolute atomic E-state index is 0.173. The zero-order chi connectivity index (χ0) is 9.97. The number of halogens is 1. The van der Waals surface area contributed by atoms with Gasteiger partial charge in [-0.15, -0.1) is 0 Å². The van der Waals surface area contributed by atoms with Crippen molar-refractivity contribution in [3.8, 4) is 0 Å². The topological polar surface area (TPSA) is 36.4 Å². The van der Waals surface area contributed by atoms with Crippen LogP contribution in [-0.4, -0.2) is 12.5 Å². The summed E-state index contributed by atoms with van der Waals surface area (Å²) in [5.41, 5.74) is 0.811. The molecule has 0 atom stereocenters. The Labute approximate surface area is 89.9 Å². The van der Waals surface area contributed by atoms with E-state index < -0.39 is 0 Å². The van der Waals surface area contributed by atoms with E-state index in [-0.39, 0.29) is 5.13 Å². The summed E-state index contributed by atoms with van der Waals surface area (Å²) in [6.07, 6.45) is 1.00. The first kappa shape index (κ1) is 9.79. The monoisotopic (exact) mass is 231 g/mol. The van der Waals surface area contributed by atoms with E-state index in [1.165, 1.54) is 18.0 Å². The molecule has 0 saturated heterocycles. The van der Waals surface area contributed by atoms with Crippen LogP contribution in [0.1, 0.15) is 13.3 Å². The van der Waals surface area contributed by atoms with Crippen LogP contribution in [0, 0.1) is 5.13 Å². The number of nitrogens with one attached hydrogen (secondary N) is 2. The van der Waals surface area contributed by atoms with Gasteiger partial charge < -0.3 is 5.32 Å². The molecule has 2 N–H and O–H groups in total. The molecule has 0 aromatic carbocycles. The fourth-order valence-corrected chi connectivity index (χ4v) is 2.68. The molecule has 0 unspecified atom stereocenters. The molecular weight excluding hydrogens is 221 g/mol. The lowest BCUT2D eigenvalue weighted by Crippen LogP contribution is -2.28. The Morgan fingerprint density at radius 2 is 2.43 bits per heavy atom. The Morgan fingerprint density at radius 3 is 3.21 bits per heavy atom. The quantitative estimate of drug-likeness (QED) is 0.768. The number of fused-ring (bicyclic) bond motifs is 1. The molecule has 0 aliphatic carbocycles. The van der Waals surface area contributed by atoms with Crippen molar-refractivity contribution in [2.45, 2.75) is 17.6 Å². The summed E-state index contributed by atoms with van der Waals surface area (Å²) < 4.78 is 16.8. The van der Waals surface area contributed by atoms with Crippen LogP contribution in [0.15, 0.2) is 15.3 Å². The summed E-state index contributed by atoms with van der Waals surface area (Å²) >= 11 is 2.54. The van der Waals surface area contributed by atoms with Crippen molar-refractivity contribution in [1.82, 2.24) is 4.72 Å². The van der Waals surface area contributed by atoms with Gasteiger partial charge in [-0.05, 0) is 6.42 Å². The molecule has 0 fully saturated rings. The average molecular weight is 231 g/mol. The van der Waals surface area contributed by atoms with Crippen molar-refractivity contribution in [2.24, 2.45) is 4.99 Å². The van der Waals surface area contributed by atoms with E-state index in [1.807, 2.05) is 0 Å². The minimum Gasteiger partial charge on any atom is -0.324 e. The van der Waals surface area contributed by atoms with Gasteiger partial charge in [0.15, 0.2) is 5.13 Å². The van der Waals surface area contributed by atoms with Gasteiger partial charge in [0.05, 0.1) is 5.69 Å². The lowest BCUT2D eigenvalue weighted by Gasteiger charge is -2.16. The van der Waals surface area contributed by atoms with Gasteiger partial charge in [-0.1, -0.05) is 18.3 Å². The molecule has 0 bridgehead atoms. The fourth-order valence-electron chi connectivity index (χ4n) is 1.05. The summed E-state index contributed by atoms with van der Waals surface area (Å²) in [5, 5.41) is 2.87. The number of hydrogen-bond acceptors (Lipinski definition) is 3. The van der Waals surface area contributed by atoms with Gasteiger partial charge in [0.25, 0.3) is 0 Å². The molecule has 1 aromatic rings. The van der Waals surface area contributed by atoms with Gasteiger partial charge in [-0.25, -0.2) is 0 Å². The number of nitrogens with zero attached hydrogens (tertiary/aromatic N) is 1. The Balaban J connectivity index is 2.12. The van der Waals surface area contributed by atoms with E-state index in [0.717, 1.165) is 34.2 Å². The number of thiophene rings is 1. The number of anilines is 1. The van der Waals surface area contributed by atoms with Crippen LogP contribution in [0.3, 0.4) is 0 Å². The summed E-state index contributed by atoms with van der Waals surface area (Å²) in [7, 11) is 0. The van der Waals surface area contributed by atoms with E-state index >= 15 is 0 Å². The van der Waals surface area contributed by atoms with Crippen LogP contribution < -0.4 is 10.0 Å². The SMILES string of the molecule is CCCN=C1NSc2sc(F)cc2N1. The standard InChI is InChI=1S/C8H10FN3S2/c1-2-3-10-8-11-5-4-6(9)13-7(5)14-12-8/h4H,2-3H2,1H3,(H2,10,11,12). The molecule has 1 aliphatic heterocycles. The van der Waals surface area contributed by atoms with Crippen molar-refractivity contribution in [3.05, 3.63) is 11.2 Å². The Kier molecular flexibility index (Phi) is 2.93. The molecule has 14 heavy (non-hydrogen) atoms. The van der Waals surface area contributed by atoms with Crippen molar-refractivity contribution >= 4 is 34.9 Å². The van der Waals surface area contributed by atoms with Crippen LogP contribution >= 0.6 is 23.3 Å². The molecule has 2 rings (SSSR count). The predicted octanol–water partition coefficient (Wildman–Crippen LogP) is 2.68. The lowest BCUT2D eigenvalue weighted by molar-refractivity contribution is 0.657. The van der Waals surface area contributed by atoms with Crippen LogP contribution in [0.2, 0.25) is 0 Å². The molecule has 0 saturated carbocycles. The molecule has 6 heteroatoms. The molecule has 1 aromatic heterocycles. The third-order valence-electron chi connectivity index (χ3n) is 1.65. The van der Waals surface area contributed by atoms with Crippen LogP contribution in [-0.2, 0) is 0 Å². The number of guanidine groups is 1. The Hall–Kier alpha value is -0.750. The van der Waals surface area contributed by atoms with Gasteiger partial charge in [-0.3, -0.25) is 9.71 Å².